The minimum atomic E-state index is -0.419. The molecule has 2 aromatic heterocycles. The Morgan fingerprint density at radius 3 is 1.74 bits per heavy atom. The van der Waals surface area contributed by atoms with Crippen molar-refractivity contribution in [1.82, 2.24) is 9.13 Å². The highest BCUT2D eigenvalue weighted by molar-refractivity contribution is 6.62. The van der Waals surface area contributed by atoms with Crippen LogP contribution in [0.1, 0.15) is 45.4 Å². The van der Waals surface area contributed by atoms with Crippen molar-refractivity contribution in [2.75, 3.05) is 0 Å². The lowest BCUT2D eigenvalue weighted by Crippen LogP contribution is -2.41. The molecule has 0 radical (unpaired) electrons. The molecule has 3 heterocycles. The predicted molar refractivity (Wildman–Crippen MR) is 196 cm³/mol. The lowest BCUT2D eigenvalue weighted by Gasteiger charge is -2.32. The monoisotopic (exact) mass is 612 g/mol. The van der Waals surface area contributed by atoms with Crippen LogP contribution < -0.4 is 5.46 Å². The molecule has 0 unspecified atom stereocenters. The quantitative estimate of drug-likeness (QED) is 0.185. The molecule has 0 atom stereocenters. The lowest BCUT2D eigenvalue weighted by molar-refractivity contribution is 0.00578. The van der Waals surface area contributed by atoms with Gasteiger partial charge in [-0.2, -0.15) is 0 Å². The highest BCUT2D eigenvalue weighted by atomic mass is 16.7. The van der Waals surface area contributed by atoms with Crippen LogP contribution in [-0.2, 0) is 15.7 Å². The molecule has 4 nitrogen and oxygen atoms in total. The molecule has 1 saturated heterocycles. The number of allylic oxidation sites excluding steroid dienone is 1. The van der Waals surface area contributed by atoms with Crippen LogP contribution in [0.2, 0.25) is 0 Å². The van der Waals surface area contributed by atoms with Crippen LogP contribution in [0, 0.1) is 0 Å². The van der Waals surface area contributed by atoms with Gasteiger partial charge < -0.3 is 18.4 Å². The summed E-state index contributed by atoms with van der Waals surface area (Å²) in [5.41, 5.74) is 11.3. The molecule has 0 amide bonds. The summed E-state index contributed by atoms with van der Waals surface area (Å²) in [6, 6.07) is 41.9. The van der Waals surface area contributed by atoms with Crippen LogP contribution in [0.25, 0.3) is 61.3 Å². The fourth-order valence-corrected chi connectivity index (χ4v) is 7.47. The summed E-state index contributed by atoms with van der Waals surface area (Å²) in [6.07, 6.45) is 6.74. The Labute approximate surface area is 276 Å². The lowest BCUT2D eigenvalue weighted by atomic mass is 9.78. The van der Waals surface area contributed by atoms with E-state index in [1.54, 1.807) is 0 Å². The van der Waals surface area contributed by atoms with Crippen LogP contribution in [0.4, 0.5) is 0 Å². The van der Waals surface area contributed by atoms with Gasteiger partial charge in [0.2, 0.25) is 0 Å². The maximum atomic E-state index is 6.48. The van der Waals surface area contributed by atoms with Crippen molar-refractivity contribution in [3.8, 4) is 22.5 Å². The summed E-state index contributed by atoms with van der Waals surface area (Å²) in [6.45, 7) is 8.43. The minimum Gasteiger partial charge on any atom is -0.399 e. The first-order valence-corrected chi connectivity index (χ1v) is 16.7. The predicted octanol–water partition coefficient (Wildman–Crippen LogP) is 9.65. The van der Waals surface area contributed by atoms with E-state index in [4.69, 9.17) is 9.31 Å². The van der Waals surface area contributed by atoms with E-state index in [1.807, 2.05) is 0 Å². The third-order valence-electron chi connectivity index (χ3n) is 10.6. The van der Waals surface area contributed by atoms with E-state index < -0.39 is 18.3 Å². The zero-order valence-electron chi connectivity index (χ0n) is 27.3. The highest BCUT2D eigenvalue weighted by Gasteiger charge is 2.51. The maximum absolute atomic E-state index is 6.48. The maximum Gasteiger partial charge on any atom is 0.494 e. The topological polar surface area (TPSA) is 28.3 Å². The molecule has 0 N–H and O–H groups in total. The Kier molecular flexibility index (Phi) is 6.24. The Balaban J connectivity index is 1.23. The summed E-state index contributed by atoms with van der Waals surface area (Å²) in [5.74, 6) is 0. The Bertz CT molecular complexity index is 2350. The van der Waals surface area contributed by atoms with E-state index in [0.29, 0.717) is 0 Å². The van der Waals surface area contributed by atoms with Crippen molar-refractivity contribution in [1.29, 1.82) is 0 Å². The molecule has 5 aromatic carbocycles. The van der Waals surface area contributed by atoms with E-state index in [1.165, 1.54) is 60.8 Å². The van der Waals surface area contributed by atoms with Gasteiger partial charge in [-0.15, -0.1) is 0 Å². The van der Waals surface area contributed by atoms with Crippen LogP contribution >= 0.6 is 0 Å². The number of aromatic nitrogens is 2. The van der Waals surface area contributed by atoms with Gasteiger partial charge in [0.1, 0.15) is 0 Å². The van der Waals surface area contributed by atoms with Gasteiger partial charge in [0.15, 0.2) is 0 Å². The first kappa shape index (κ1) is 28.4. The van der Waals surface area contributed by atoms with Crippen LogP contribution in [0.3, 0.4) is 0 Å². The number of hydrogen-bond donors (Lipinski definition) is 0. The van der Waals surface area contributed by atoms with Crippen molar-refractivity contribution in [2.24, 2.45) is 0 Å². The summed E-state index contributed by atoms with van der Waals surface area (Å²) in [7, 11) is -0.419. The summed E-state index contributed by atoms with van der Waals surface area (Å²) >= 11 is 0. The van der Waals surface area contributed by atoms with E-state index in [9.17, 15) is 0 Å². The average molecular weight is 613 g/mol. The standard InChI is InChI=1S/C42H37BN2O2/c1-41(2)42(3,4)47-43(46-41)30-21-24-40-36(27-30)35-26-29(20-23-39(35)45(40)32-15-9-6-10-16-32)28-19-22-38-34(25-28)33-17-11-12-18-37(33)44(38)31-13-7-5-8-14-31/h5-11,13-17,19-27H,12,18H2,1-4H3. The van der Waals surface area contributed by atoms with E-state index in [-0.39, 0.29) is 0 Å². The normalized spacial score (nSPS) is 16.8. The van der Waals surface area contributed by atoms with Crippen LogP contribution in [-0.4, -0.2) is 27.5 Å². The fourth-order valence-electron chi connectivity index (χ4n) is 7.47. The molecule has 47 heavy (non-hydrogen) atoms. The molecule has 0 spiro atoms. The number of benzene rings is 5. The minimum absolute atomic E-state index is 0.398. The Morgan fingerprint density at radius 1 is 0.574 bits per heavy atom. The molecule has 2 aliphatic rings. The first-order valence-electron chi connectivity index (χ1n) is 16.7. The second-order valence-corrected chi connectivity index (χ2v) is 14.0. The largest absolute Gasteiger partial charge is 0.494 e. The highest BCUT2D eigenvalue weighted by Crippen LogP contribution is 2.40. The van der Waals surface area contributed by atoms with Gasteiger partial charge in [0.25, 0.3) is 0 Å². The van der Waals surface area contributed by atoms with Crippen LogP contribution in [0.15, 0.2) is 121 Å². The van der Waals surface area contributed by atoms with E-state index in [2.05, 4.69) is 164 Å². The van der Waals surface area contributed by atoms with Gasteiger partial charge in [-0.3, -0.25) is 0 Å². The molecular formula is C42H37BN2O2. The second-order valence-electron chi connectivity index (χ2n) is 14.0. The van der Waals surface area contributed by atoms with Gasteiger partial charge in [0, 0.05) is 38.8 Å². The van der Waals surface area contributed by atoms with E-state index in [0.717, 1.165) is 24.0 Å². The summed E-state index contributed by atoms with van der Waals surface area (Å²) < 4.78 is 17.8. The third kappa shape index (κ3) is 4.37. The number of hydrogen-bond acceptors (Lipinski definition) is 2. The smallest absolute Gasteiger partial charge is 0.399 e. The molecule has 0 saturated carbocycles. The van der Waals surface area contributed by atoms with Crippen molar-refractivity contribution in [3.63, 3.8) is 0 Å². The van der Waals surface area contributed by atoms with Gasteiger partial charge in [-0.05, 0) is 112 Å². The first-order chi connectivity index (χ1) is 22.8. The molecule has 7 aromatic rings. The summed E-state index contributed by atoms with van der Waals surface area (Å²) in [5, 5.41) is 3.70. The molecular weight excluding hydrogens is 575 g/mol. The zero-order valence-corrected chi connectivity index (χ0v) is 27.3. The van der Waals surface area contributed by atoms with Gasteiger partial charge >= 0.3 is 7.12 Å². The molecule has 1 aliphatic carbocycles. The van der Waals surface area contributed by atoms with Crippen molar-refractivity contribution in [3.05, 3.63) is 133 Å². The third-order valence-corrected chi connectivity index (χ3v) is 10.6. The van der Waals surface area contributed by atoms with Crippen LogP contribution in [0.5, 0.6) is 0 Å². The number of rotatable bonds is 4. The molecule has 230 valence electrons. The zero-order chi connectivity index (χ0) is 31.9. The van der Waals surface area contributed by atoms with Crippen molar-refractivity contribution < 1.29 is 9.31 Å². The van der Waals surface area contributed by atoms with Gasteiger partial charge in [-0.1, -0.05) is 72.8 Å². The summed E-state index contributed by atoms with van der Waals surface area (Å²) in [4.78, 5) is 0. The Morgan fingerprint density at radius 2 is 1.11 bits per heavy atom. The Hall–Kier alpha value is -4.84. The molecule has 1 aliphatic heterocycles. The molecule has 9 rings (SSSR count). The van der Waals surface area contributed by atoms with Gasteiger partial charge in [-0.25, -0.2) is 0 Å². The fraction of sp³-hybridized carbons (Fsp3) is 0.190. The van der Waals surface area contributed by atoms with Crippen molar-refractivity contribution >= 4 is 51.4 Å². The SMILES string of the molecule is CC1(C)OB(c2ccc3c(c2)c2cc(-c4ccc5c(c4)c4c(n5-c5ccccc5)CCC=C4)ccc2n3-c2ccccc2)OC1(C)C. The van der Waals surface area contributed by atoms with Gasteiger partial charge in [0.05, 0.1) is 27.8 Å². The second kappa shape index (κ2) is 10.3. The number of fused-ring (bicyclic) bond motifs is 6. The number of para-hydroxylation sites is 2. The molecule has 5 heteroatoms. The van der Waals surface area contributed by atoms with E-state index >= 15 is 0 Å². The van der Waals surface area contributed by atoms with Crippen molar-refractivity contribution in [2.45, 2.75) is 51.7 Å². The average Bonchev–Trinajstić information content (AvgIpc) is 3.68. The molecule has 0 bridgehead atoms. The molecule has 1 fully saturated rings. The number of nitrogens with zero attached hydrogens (tertiary/aromatic N) is 2.